The largest absolute Gasteiger partial charge is 0.483 e. The van der Waals surface area contributed by atoms with Crippen molar-refractivity contribution in [2.75, 3.05) is 0 Å². The van der Waals surface area contributed by atoms with Crippen molar-refractivity contribution >= 4 is 23.3 Å². The van der Waals surface area contributed by atoms with Crippen molar-refractivity contribution in [2.24, 2.45) is 5.73 Å². The lowest BCUT2D eigenvalue weighted by Crippen LogP contribution is -2.13. The van der Waals surface area contributed by atoms with E-state index >= 15 is 0 Å². The topological polar surface area (TPSA) is 118 Å². The van der Waals surface area contributed by atoms with Crippen LogP contribution in [0, 0.1) is 17.0 Å². The number of pyridine rings is 1. The lowest BCUT2D eigenvalue weighted by Gasteiger charge is -2.04. The molecule has 0 saturated carbocycles. The van der Waals surface area contributed by atoms with Crippen LogP contribution in [0.3, 0.4) is 0 Å². The van der Waals surface area contributed by atoms with Gasteiger partial charge in [-0.15, -0.1) is 0 Å². The molecule has 0 aliphatic heterocycles. The van der Waals surface area contributed by atoms with E-state index in [1.165, 1.54) is 16.8 Å². The Balaban J connectivity index is 0.000000647. The van der Waals surface area contributed by atoms with Crippen LogP contribution in [0.4, 0.5) is 8.78 Å². The van der Waals surface area contributed by atoms with Gasteiger partial charge in [0.05, 0.1) is 18.1 Å². The van der Waals surface area contributed by atoms with Crippen LogP contribution in [0.2, 0.25) is 0 Å². The van der Waals surface area contributed by atoms with E-state index in [9.17, 15) is 8.78 Å². The third-order valence-corrected chi connectivity index (χ3v) is 3.09. The van der Waals surface area contributed by atoms with E-state index in [1.54, 1.807) is 18.2 Å². The minimum atomic E-state index is -0.546. The molecule has 0 amide bonds. The number of aromatic nitrogens is 3. The molecule has 0 saturated heterocycles. The maximum absolute atomic E-state index is 13.7. The van der Waals surface area contributed by atoms with Gasteiger partial charge in [-0.25, -0.2) is 18.4 Å². The SMILES string of the molecule is N=C(N)c1nn(Cc2ccccc2F)c2ncc(F)cc12.O=CO. The molecule has 3 rings (SSSR count). The molecule has 2 aromatic heterocycles. The van der Waals surface area contributed by atoms with Crippen LogP contribution in [0.15, 0.2) is 36.5 Å². The Kier molecular flexibility index (Phi) is 5.15. The van der Waals surface area contributed by atoms with Crippen LogP contribution in [-0.2, 0) is 11.3 Å². The summed E-state index contributed by atoms with van der Waals surface area (Å²) in [5.41, 5.74) is 6.35. The molecule has 9 heteroatoms. The standard InChI is InChI=1S/C14H11F2N5.CH2O2/c15-9-5-10-12(13(17)18)20-21(14(10)19-6-9)7-8-3-1-2-4-11(8)16;2-1-3/h1-6H,7H2,(H3,17,18);1H,(H,2,3). The van der Waals surface area contributed by atoms with Gasteiger partial charge in [0.2, 0.25) is 0 Å². The Morgan fingerprint density at radius 3 is 2.67 bits per heavy atom. The van der Waals surface area contributed by atoms with Crippen molar-refractivity contribution in [2.45, 2.75) is 6.54 Å². The molecule has 24 heavy (non-hydrogen) atoms. The normalized spacial score (nSPS) is 10.1. The second kappa shape index (κ2) is 7.27. The molecule has 4 N–H and O–H groups in total. The number of fused-ring (bicyclic) bond motifs is 1. The fourth-order valence-corrected chi connectivity index (χ4v) is 2.13. The summed E-state index contributed by atoms with van der Waals surface area (Å²) < 4.78 is 28.4. The Morgan fingerprint density at radius 2 is 2.04 bits per heavy atom. The quantitative estimate of drug-likeness (QED) is 0.383. The highest BCUT2D eigenvalue weighted by molar-refractivity contribution is 6.04. The summed E-state index contributed by atoms with van der Waals surface area (Å²) in [4.78, 5) is 12.3. The summed E-state index contributed by atoms with van der Waals surface area (Å²) in [5, 5.41) is 18.9. The van der Waals surface area contributed by atoms with Crippen LogP contribution in [0.5, 0.6) is 0 Å². The molecule has 7 nitrogen and oxygen atoms in total. The van der Waals surface area contributed by atoms with E-state index in [1.807, 2.05) is 0 Å². The predicted molar refractivity (Wildman–Crippen MR) is 82.7 cm³/mol. The van der Waals surface area contributed by atoms with E-state index in [-0.39, 0.29) is 30.4 Å². The molecule has 124 valence electrons. The second-order valence-electron chi connectivity index (χ2n) is 4.64. The van der Waals surface area contributed by atoms with Crippen LogP contribution >= 0.6 is 0 Å². The third kappa shape index (κ3) is 3.51. The second-order valence-corrected chi connectivity index (χ2v) is 4.64. The van der Waals surface area contributed by atoms with Crippen LogP contribution in [-0.4, -0.2) is 32.2 Å². The van der Waals surface area contributed by atoms with Crippen LogP contribution in [0.1, 0.15) is 11.3 Å². The molecule has 0 spiro atoms. The smallest absolute Gasteiger partial charge is 0.290 e. The van der Waals surface area contributed by atoms with Crippen LogP contribution in [0.25, 0.3) is 11.0 Å². The molecule has 0 fully saturated rings. The first-order valence-electron chi connectivity index (χ1n) is 6.65. The van der Waals surface area contributed by atoms with E-state index in [4.69, 9.17) is 21.0 Å². The van der Waals surface area contributed by atoms with Gasteiger partial charge in [0.25, 0.3) is 6.47 Å². The predicted octanol–water partition coefficient (Wildman–Crippen LogP) is 1.74. The minimum absolute atomic E-state index is 0.120. The number of amidine groups is 1. The molecule has 0 atom stereocenters. The first kappa shape index (κ1) is 17.0. The highest BCUT2D eigenvalue weighted by atomic mass is 19.1. The number of hydrogen-bond donors (Lipinski definition) is 3. The molecule has 3 aromatic rings. The zero-order valence-corrected chi connectivity index (χ0v) is 12.3. The maximum Gasteiger partial charge on any atom is 0.290 e. The van der Waals surface area contributed by atoms with Gasteiger partial charge in [0, 0.05) is 5.56 Å². The number of nitrogen functional groups attached to an aromatic ring is 1. The van der Waals surface area contributed by atoms with Crippen molar-refractivity contribution in [3.05, 3.63) is 59.4 Å². The lowest BCUT2D eigenvalue weighted by atomic mass is 10.2. The van der Waals surface area contributed by atoms with Crippen molar-refractivity contribution in [3.8, 4) is 0 Å². The van der Waals surface area contributed by atoms with Gasteiger partial charge in [0.1, 0.15) is 23.2 Å². The summed E-state index contributed by atoms with van der Waals surface area (Å²) in [7, 11) is 0. The highest BCUT2D eigenvalue weighted by Gasteiger charge is 2.15. The molecule has 0 unspecified atom stereocenters. The fraction of sp³-hybridized carbons (Fsp3) is 0.0667. The number of nitrogens with two attached hydrogens (primary N) is 1. The maximum atomic E-state index is 13.7. The molecular weight excluding hydrogens is 320 g/mol. The van der Waals surface area contributed by atoms with E-state index in [2.05, 4.69) is 10.1 Å². The Bertz CT molecular complexity index is 895. The monoisotopic (exact) mass is 333 g/mol. The first-order valence-corrected chi connectivity index (χ1v) is 6.65. The fourth-order valence-electron chi connectivity index (χ4n) is 2.13. The van der Waals surface area contributed by atoms with Gasteiger partial charge >= 0.3 is 0 Å². The number of halogens is 2. The molecule has 0 radical (unpaired) electrons. The molecular formula is C15H13F2N5O2. The lowest BCUT2D eigenvalue weighted by molar-refractivity contribution is -0.122. The number of nitrogens with one attached hydrogen (secondary N) is 1. The Morgan fingerprint density at radius 1 is 1.38 bits per heavy atom. The zero-order chi connectivity index (χ0) is 17.7. The minimum Gasteiger partial charge on any atom is -0.483 e. The van der Waals surface area contributed by atoms with E-state index in [0.717, 1.165) is 6.20 Å². The average Bonchev–Trinajstić information content (AvgIpc) is 2.88. The van der Waals surface area contributed by atoms with Crippen LogP contribution < -0.4 is 5.73 Å². The Hall–Kier alpha value is -3.36. The number of benzene rings is 1. The molecule has 2 heterocycles. The summed E-state index contributed by atoms with van der Waals surface area (Å²) in [6.45, 7) is -0.130. The summed E-state index contributed by atoms with van der Waals surface area (Å²) in [5.74, 6) is -1.21. The Labute approximate surface area is 134 Å². The average molecular weight is 333 g/mol. The number of carbonyl (C=O) groups is 1. The van der Waals surface area contributed by atoms with Crippen molar-refractivity contribution in [1.29, 1.82) is 5.41 Å². The summed E-state index contributed by atoms with van der Waals surface area (Å²) in [6, 6.07) is 7.49. The van der Waals surface area contributed by atoms with Crippen molar-refractivity contribution < 1.29 is 18.7 Å². The molecule has 0 aliphatic rings. The van der Waals surface area contributed by atoms with Gasteiger partial charge in [-0.2, -0.15) is 5.10 Å². The summed E-state index contributed by atoms with van der Waals surface area (Å²) >= 11 is 0. The van der Waals surface area contributed by atoms with Gasteiger partial charge < -0.3 is 10.8 Å². The van der Waals surface area contributed by atoms with Gasteiger partial charge in [-0.1, -0.05) is 18.2 Å². The van der Waals surface area contributed by atoms with E-state index < -0.39 is 5.82 Å². The van der Waals surface area contributed by atoms with Crippen molar-refractivity contribution in [1.82, 2.24) is 14.8 Å². The van der Waals surface area contributed by atoms with E-state index in [0.29, 0.717) is 16.6 Å². The molecule has 0 aliphatic carbocycles. The van der Waals surface area contributed by atoms with Gasteiger partial charge in [0.15, 0.2) is 5.65 Å². The first-order chi connectivity index (χ1) is 11.5. The van der Waals surface area contributed by atoms with Gasteiger partial charge in [-0.3, -0.25) is 10.2 Å². The van der Waals surface area contributed by atoms with Gasteiger partial charge in [-0.05, 0) is 12.1 Å². The highest BCUT2D eigenvalue weighted by Crippen LogP contribution is 2.19. The number of hydrogen-bond acceptors (Lipinski definition) is 4. The molecule has 1 aromatic carbocycles. The molecule has 0 bridgehead atoms. The van der Waals surface area contributed by atoms with Crippen molar-refractivity contribution in [3.63, 3.8) is 0 Å². The number of nitrogens with zero attached hydrogens (tertiary/aromatic N) is 3. The summed E-state index contributed by atoms with van der Waals surface area (Å²) in [6.07, 6.45) is 1.05. The number of rotatable bonds is 3. The number of carboxylic acid groups (broad SMARTS) is 1. The third-order valence-electron chi connectivity index (χ3n) is 3.09. The zero-order valence-electron chi connectivity index (χ0n) is 12.3.